The number of ether oxygens (including phenoxy) is 1. The molecule has 0 saturated carbocycles. The number of hydrogen-bond acceptors (Lipinski definition) is 4. The van der Waals surface area contributed by atoms with Crippen LogP contribution in [-0.2, 0) is 6.42 Å². The second-order valence-electron chi connectivity index (χ2n) is 5.34. The summed E-state index contributed by atoms with van der Waals surface area (Å²) in [5.74, 6) is 0.226. The highest BCUT2D eigenvalue weighted by Gasteiger charge is 2.13. The Morgan fingerprint density at radius 3 is 2.76 bits per heavy atom. The van der Waals surface area contributed by atoms with E-state index in [1.54, 1.807) is 0 Å². The molecule has 7 heteroatoms. The van der Waals surface area contributed by atoms with Crippen molar-refractivity contribution in [3.8, 4) is 17.1 Å². The maximum absolute atomic E-state index is 14.1. The van der Waals surface area contributed by atoms with Gasteiger partial charge in [0.25, 0.3) is 0 Å². The fraction of sp³-hybridized carbons (Fsp3) is 0.111. The van der Waals surface area contributed by atoms with Gasteiger partial charge in [-0.2, -0.15) is 5.10 Å². The van der Waals surface area contributed by atoms with Crippen molar-refractivity contribution in [1.82, 2.24) is 15.2 Å². The maximum atomic E-state index is 14.1. The Bertz CT molecular complexity index is 865. The van der Waals surface area contributed by atoms with Crippen molar-refractivity contribution in [2.75, 3.05) is 0 Å². The van der Waals surface area contributed by atoms with Crippen LogP contribution in [0.4, 0.5) is 9.18 Å². The standard InChI is InChI=1S/C18H16FN4O2/c19-15-11-13(25-18(20)24)9-10-14(15)17-21-16(22-23-17)8-4-7-12-5-2-1-3-6-12/h1-3,5-6,8-11H,4,7H2,(H2,20,24)(H,21,22,23). The molecule has 0 atom stereocenters. The molecular formula is C18H16FN4O2. The molecule has 0 saturated heterocycles. The average molecular weight is 339 g/mol. The molecule has 0 fully saturated rings. The zero-order chi connectivity index (χ0) is 17.6. The van der Waals surface area contributed by atoms with E-state index in [2.05, 4.69) is 32.1 Å². The van der Waals surface area contributed by atoms with Crippen LogP contribution >= 0.6 is 0 Å². The van der Waals surface area contributed by atoms with Gasteiger partial charge in [0.2, 0.25) is 0 Å². The SMILES string of the molecule is NC(=O)Oc1ccc(-c2n[nH]c([CH]CCc3ccccc3)n2)c(F)c1. The van der Waals surface area contributed by atoms with Crippen LogP contribution in [-0.4, -0.2) is 21.3 Å². The number of nitrogens with one attached hydrogen (secondary N) is 1. The molecule has 2 aromatic carbocycles. The number of hydrogen-bond donors (Lipinski definition) is 2. The van der Waals surface area contributed by atoms with Gasteiger partial charge >= 0.3 is 6.09 Å². The summed E-state index contributed by atoms with van der Waals surface area (Å²) in [6.45, 7) is 0. The van der Waals surface area contributed by atoms with Crippen LogP contribution in [0.25, 0.3) is 11.4 Å². The first-order valence-electron chi connectivity index (χ1n) is 7.68. The van der Waals surface area contributed by atoms with Gasteiger partial charge in [-0.1, -0.05) is 30.3 Å². The molecule has 0 bridgehead atoms. The fourth-order valence-corrected chi connectivity index (χ4v) is 2.36. The van der Waals surface area contributed by atoms with Crippen LogP contribution in [0, 0.1) is 12.2 Å². The van der Waals surface area contributed by atoms with Gasteiger partial charge in [0.15, 0.2) is 5.82 Å². The van der Waals surface area contributed by atoms with Gasteiger partial charge in [0.05, 0.1) is 5.56 Å². The number of nitrogens with zero attached hydrogens (tertiary/aromatic N) is 2. The lowest BCUT2D eigenvalue weighted by Gasteiger charge is -2.03. The smallest absolute Gasteiger partial charge is 0.409 e. The third kappa shape index (κ3) is 4.41. The van der Waals surface area contributed by atoms with E-state index in [1.807, 2.05) is 24.6 Å². The van der Waals surface area contributed by atoms with Crippen molar-refractivity contribution < 1.29 is 13.9 Å². The highest BCUT2D eigenvalue weighted by Crippen LogP contribution is 2.24. The minimum absolute atomic E-state index is 0.0268. The highest BCUT2D eigenvalue weighted by atomic mass is 19.1. The minimum atomic E-state index is -1.000. The summed E-state index contributed by atoms with van der Waals surface area (Å²) in [5, 5.41) is 6.80. The molecule has 3 N–H and O–H groups in total. The third-order valence-electron chi connectivity index (χ3n) is 3.52. The van der Waals surface area contributed by atoms with E-state index in [1.165, 1.54) is 17.7 Å². The predicted octanol–water partition coefficient (Wildman–Crippen LogP) is 3.25. The molecular weight excluding hydrogens is 323 g/mol. The van der Waals surface area contributed by atoms with E-state index in [0.29, 0.717) is 5.82 Å². The summed E-state index contributed by atoms with van der Waals surface area (Å²) < 4.78 is 18.8. The monoisotopic (exact) mass is 339 g/mol. The molecule has 0 unspecified atom stereocenters. The van der Waals surface area contributed by atoms with Crippen molar-refractivity contribution in [1.29, 1.82) is 0 Å². The predicted molar refractivity (Wildman–Crippen MR) is 90.2 cm³/mol. The highest BCUT2D eigenvalue weighted by molar-refractivity contribution is 5.68. The number of aromatic amines is 1. The lowest BCUT2D eigenvalue weighted by Crippen LogP contribution is -2.16. The number of aromatic nitrogens is 3. The second kappa shape index (κ2) is 7.57. The summed E-state index contributed by atoms with van der Waals surface area (Å²) in [7, 11) is 0. The largest absolute Gasteiger partial charge is 0.410 e. The van der Waals surface area contributed by atoms with Crippen molar-refractivity contribution in [2.24, 2.45) is 5.73 Å². The number of benzene rings is 2. The first-order chi connectivity index (χ1) is 12.1. The van der Waals surface area contributed by atoms with E-state index >= 15 is 0 Å². The Morgan fingerprint density at radius 2 is 2.04 bits per heavy atom. The molecule has 3 aromatic rings. The molecule has 25 heavy (non-hydrogen) atoms. The Labute approximate surface area is 143 Å². The molecule has 1 heterocycles. The molecule has 6 nitrogen and oxygen atoms in total. The number of aryl methyl sites for hydroxylation is 1. The Balaban J connectivity index is 1.64. The minimum Gasteiger partial charge on any atom is -0.410 e. The number of H-pyrrole nitrogens is 1. The first-order valence-corrected chi connectivity index (χ1v) is 7.68. The molecule has 0 spiro atoms. The molecule has 3 rings (SSSR count). The third-order valence-corrected chi connectivity index (χ3v) is 3.52. The molecule has 0 aliphatic carbocycles. The van der Waals surface area contributed by atoms with Crippen LogP contribution in [0.2, 0.25) is 0 Å². The molecule has 1 amide bonds. The first kappa shape index (κ1) is 16.6. The molecule has 0 aliphatic rings. The van der Waals surface area contributed by atoms with E-state index in [4.69, 9.17) is 5.73 Å². The Hall–Kier alpha value is -3.22. The van der Waals surface area contributed by atoms with Gasteiger partial charge in [-0.15, -0.1) is 0 Å². The topological polar surface area (TPSA) is 93.9 Å². The van der Waals surface area contributed by atoms with Gasteiger partial charge in [0, 0.05) is 12.5 Å². The van der Waals surface area contributed by atoms with E-state index < -0.39 is 11.9 Å². The number of carbonyl (C=O) groups is 1. The summed E-state index contributed by atoms with van der Waals surface area (Å²) >= 11 is 0. The number of primary amides is 1. The van der Waals surface area contributed by atoms with Crippen LogP contribution in [0.5, 0.6) is 5.75 Å². The van der Waals surface area contributed by atoms with Crippen molar-refractivity contribution in [3.63, 3.8) is 0 Å². The number of rotatable bonds is 6. The average Bonchev–Trinajstić information content (AvgIpc) is 3.04. The van der Waals surface area contributed by atoms with E-state index in [0.717, 1.165) is 18.9 Å². The summed E-state index contributed by atoms with van der Waals surface area (Å²) in [4.78, 5) is 15.0. The lowest BCUT2D eigenvalue weighted by molar-refractivity contribution is 0.210. The van der Waals surface area contributed by atoms with Crippen LogP contribution in [0.1, 0.15) is 17.8 Å². The van der Waals surface area contributed by atoms with Crippen molar-refractivity contribution in [3.05, 3.63) is 72.2 Å². The van der Waals surface area contributed by atoms with Crippen LogP contribution in [0.15, 0.2) is 48.5 Å². The van der Waals surface area contributed by atoms with Crippen LogP contribution in [0.3, 0.4) is 0 Å². The van der Waals surface area contributed by atoms with E-state index in [9.17, 15) is 9.18 Å². The molecule has 1 aromatic heterocycles. The normalized spacial score (nSPS) is 10.6. The summed E-state index contributed by atoms with van der Waals surface area (Å²) in [6, 6.07) is 14.0. The number of halogens is 1. The summed E-state index contributed by atoms with van der Waals surface area (Å²) in [5.41, 5.74) is 6.33. The Morgan fingerprint density at radius 1 is 1.24 bits per heavy atom. The quantitative estimate of drug-likeness (QED) is 0.721. The lowest BCUT2D eigenvalue weighted by atomic mass is 10.1. The maximum Gasteiger partial charge on any atom is 0.409 e. The van der Waals surface area contributed by atoms with Gasteiger partial charge in [-0.25, -0.2) is 14.2 Å². The van der Waals surface area contributed by atoms with Gasteiger partial charge in [-0.3, -0.25) is 5.10 Å². The van der Waals surface area contributed by atoms with Gasteiger partial charge in [-0.05, 0) is 30.5 Å². The second-order valence-corrected chi connectivity index (χ2v) is 5.34. The zero-order valence-electron chi connectivity index (χ0n) is 13.3. The fourth-order valence-electron chi connectivity index (χ4n) is 2.36. The van der Waals surface area contributed by atoms with E-state index in [-0.39, 0.29) is 17.1 Å². The van der Waals surface area contributed by atoms with Crippen LogP contribution < -0.4 is 10.5 Å². The zero-order valence-corrected chi connectivity index (χ0v) is 13.3. The van der Waals surface area contributed by atoms with Gasteiger partial charge < -0.3 is 10.5 Å². The van der Waals surface area contributed by atoms with Crippen molar-refractivity contribution >= 4 is 6.09 Å². The Kier molecular flexibility index (Phi) is 5.03. The molecule has 0 aliphatic heterocycles. The number of carbonyl (C=O) groups excluding carboxylic acids is 1. The van der Waals surface area contributed by atoms with Crippen molar-refractivity contribution in [2.45, 2.75) is 12.8 Å². The molecule has 1 radical (unpaired) electrons. The van der Waals surface area contributed by atoms with Gasteiger partial charge in [0.1, 0.15) is 17.4 Å². The molecule has 127 valence electrons. The number of nitrogens with two attached hydrogens (primary N) is 1. The summed E-state index contributed by atoms with van der Waals surface area (Å²) in [6.07, 6.45) is 2.57. The number of amides is 1.